The topological polar surface area (TPSA) is 29.5 Å². The summed E-state index contributed by atoms with van der Waals surface area (Å²) in [5.74, 6) is 0.232. The number of amides is 1. The first-order valence-corrected chi connectivity index (χ1v) is 4.65. The van der Waals surface area contributed by atoms with Crippen molar-refractivity contribution in [2.24, 2.45) is 0 Å². The van der Waals surface area contributed by atoms with Gasteiger partial charge in [-0.15, -0.1) is 0 Å². The SMILES string of the molecule is C[N+](C)(C)CC(=O)N1CCOCC1. The lowest BCUT2D eigenvalue weighted by atomic mass is 10.3. The van der Waals surface area contributed by atoms with Crippen molar-refractivity contribution in [1.82, 2.24) is 4.90 Å². The summed E-state index contributed by atoms with van der Waals surface area (Å²) in [6, 6.07) is 0. The fourth-order valence-electron chi connectivity index (χ4n) is 1.32. The summed E-state index contributed by atoms with van der Waals surface area (Å²) >= 11 is 0. The second-order valence-corrected chi connectivity index (χ2v) is 4.44. The van der Waals surface area contributed by atoms with E-state index in [1.54, 1.807) is 0 Å². The Hall–Kier alpha value is -0.610. The van der Waals surface area contributed by atoms with Crippen molar-refractivity contribution in [3.05, 3.63) is 0 Å². The van der Waals surface area contributed by atoms with Gasteiger partial charge in [0.1, 0.15) is 0 Å². The average molecular weight is 187 g/mol. The maximum absolute atomic E-state index is 11.7. The summed E-state index contributed by atoms with van der Waals surface area (Å²) in [6.45, 7) is 3.43. The molecule has 1 rings (SSSR count). The Bertz CT molecular complexity index is 181. The van der Waals surface area contributed by atoms with Gasteiger partial charge in [0.25, 0.3) is 5.91 Å². The molecule has 0 spiro atoms. The molecular weight excluding hydrogens is 168 g/mol. The Morgan fingerprint density at radius 3 is 2.31 bits per heavy atom. The summed E-state index contributed by atoms with van der Waals surface area (Å²) in [6.07, 6.45) is 0. The third kappa shape index (κ3) is 3.74. The summed E-state index contributed by atoms with van der Waals surface area (Å²) < 4.78 is 5.87. The number of morpholine rings is 1. The van der Waals surface area contributed by atoms with Crippen molar-refractivity contribution in [2.45, 2.75) is 0 Å². The number of nitrogens with zero attached hydrogens (tertiary/aromatic N) is 2. The maximum Gasteiger partial charge on any atom is 0.277 e. The van der Waals surface area contributed by atoms with E-state index in [0.29, 0.717) is 24.2 Å². The summed E-state index contributed by atoms with van der Waals surface area (Å²) in [5, 5.41) is 0. The fourth-order valence-corrected chi connectivity index (χ4v) is 1.32. The second kappa shape index (κ2) is 4.07. The first-order valence-electron chi connectivity index (χ1n) is 4.65. The summed E-state index contributed by atoms with van der Waals surface area (Å²) in [5.41, 5.74) is 0. The van der Waals surface area contributed by atoms with Crippen LogP contribution in [0.25, 0.3) is 0 Å². The lowest BCUT2D eigenvalue weighted by molar-refractivity contribution is -0.862. The molecule has 1 amide bonds. The van der Waals surface area contributed by atoms with E-state index in [4.69, 9.17) is 4.74 Å². The third-order valence-corrected chi connectivity index (χ3v) is 1.97. The molecule has 0 unspecified atom stereocenters. The predicted octanol–water partition coefficient (Wildman–Crippen LogP) is -0.449. The largest absolute Gasteiger partial charge is 0.378 e. The van der Waals surface area contributed by atoms with Gasteiger partial charge < -0.3 is 14.1 Å². The molecule has 0 aromatic carbocycles. The van der Waals surface area contributed by atoms with Crippen molar-refractivity contribution in [3.63, 3.8) is 0 Å². The van der Waals surface area contributed by atoms with Gasteiger partial charge in [-0.05, 0) is 0 Å². The number of hydrogen-bond acceptors (Lipinski definition) is 2. The van der Waals surface area contributed by atoms with Crippen LogP contribution in [0.5, 0.6) is 0 Å². The number of carbonyl (C=O) groups excluding carboxylic acids is 1. The van der Waals surface area contributed by atoms with E-state index in [0.717, 1.165) is 13.1 Å². The second-order valence-electron chi connectivity index (χ2n) is 4.44. The van der Waals surface area contributed by atoms with Crippen molar-refractivity contribution in [2.75, 3.05) is 54.0 Å². The molecule has 0 bridgehead atoms. The van der Waals surface area contributed by atoms with Gasteiger partial charge in [0.2, 0.25) is 0 Å². The molecule has 0 saturated carbocycles. The molecule has 0 aromatic rings. The van der Waals surface area contributed by atoms with Gasteiger partial charge in [-0.25, -0.2) is 0 Å². The van der Waals surface area contributed by atoms with Gasteiger partial charge in [0.05, 0.1) is 34.4 Å². The maximum atomic E-state index is 11.7. The van der Waals surface area contributed by atoms with Crippen molar-refractivity contribution in [1.29, 1.82) is 0 Å². The van der Waals surface area contributed by atoms with Gasteiger partial charge in [-0.1, -0.05) is 0 Å². The molecule has 0 aromatic heterocycles. The van der Waals surface area contributed by atoms with Crippen molar-refractivity contribution < 1.29 is 14.0 Å². The Morgan fingerprint density at radius 1 is 1.31 bits per heavy atom. The van der Waals surface area contributed by atoms with Crippen molar-refractivity contribution >= 4 is 5.91 Å². The molecule has 1 heterocycles. The standard InChI is InChI=1S/C9H19N2O2/c1-11(2,3)8-9(12)10-4-6-13-7-5-10/h4-8H2,1-3H3/q+1. The third-order valence-electron chi connectivity index (χ3n) is 1.97. The molecule has 0 aliphatic carbocycles. The van der Waals surface area contributed by atoms with Crippen LogP contribution in [0.3, 0.4) is 0 Å². The van der Waals surface area contributed by atoms with E-state index in [1.807, 2.05) is 26.0 Å². The first-order chi connectivity index (χ1) is 5.99. The number of carbonyl (C=O) groups is 1. The molecule has 0 N–H and O–H groups in total. The molecule has 0 radical (unpaired) electrons. The van der Waals surface area contributed by atoms with E-state index in [9.17, 15) is 4.79 Å². The molecule has 0 atom stereocenters. The number of likely N-dealkylation sites (N-methyl/N-ethyl adjacent to an activating group) is 1. The Balaban J connectivity index is 2.38. The first kappa shape index (κ1) is 10.5. The van der Waals surface area contributed by atoms with E-state index >= 15 is 0 Å². The van der Waals surface area contributed by atoms with Crippen molar-refractivity contribution in [3.8, 4) is 0 Å². The molecule has 76 valence electrons. The lowest BCUT2D eigenvalue weighted by Gasteiger charge is -2.30. The highest BCUT2D eigenvalue weighted by Crippen LogP contribution is 2.00. The normalized spacial score (nSPS) is 18.8. The van der Waals surface area contributed by atoms with Crippen LogP contribution in [0.1, 0.15) is 0 Å². The van der Waals surface area contributed by atoms with Gasteiger partial charge in [-0.2, -0.15) is 0 Å². The molecule has 4 nitrogen and oxygen atoms in total. The van der Waals surface area contributed by atoms with Crippen LogP contribution in [0, 0.1) is 0 Å². The van der Waals surface area contributed by atoms with Crippen LogP contribution in [0.2, 0.25) is 0 Å². The fraction of sp³-hybridized carbons (Fsp3) is 0.889. The average Bonchev–Trinajstić information content (AvgIpc) is 2.03. The Morgan fingerprint density at radius 2 is 1.85 bits per heavy atom. The van der Waals surface area contributed by atoms with Gasteiger partial charge in [-0.3, -0.25) is 4.79 Å². The van der Waals surface area contributed by atoms with E-state index in [1.165, 1.54) is 0 Å². The smallest absolute Gasteiger partial charge is 0.277 e. The predicted molar refractivity (Wildman–Crippen MR) is 50.3 cm³/mol. The zero-order valence-electron chi connectivity index (χ0n) is 8.75. The quantitative estimate of drug-likeness (QED) is 0.548. The molecular formula is C9H19N2O2+. The summed E-state index contributed by atoms with van der Waals surface area (Å²) in [7, 11) is 6.08. The van der Waals surface area contributed by atoms with Crippen LogP contribution >= 0.6 is 0 Å². The van der Waals surface area contributed by atoms with Crippen LogP contribution in [-0.4, -0.2) is 69.3 Å². The highest BCUT2D eigenvalue weighted by molar-refractivity contribution is 5.77. The number of rotatable bonds is 2. The zero-order valence-corrected chi connectivity index (χ0v) is 8.75. The summed E-state index contributed by atoms with van der Waals surface area (Å²) in [4.78, 5) is 13.6. The number of hydrogen-bond donors (Lipinski definition) is 0. The number of quaternary nitrogens is 1. The molecule has 13 heavy (non-hydrogen) atoms. The van der Waals surface area contributed by atoms with Gasteiger partial charge in [0.15, 0.2) is 6.54 Å². The van der Waals surface area contributed by atoms with Crippen LogP contribution in [0.15, 0.2) is 0 Å². The lowest BCUT2D eigenvalue weighted by Crippen LogP contribution is -2.49. The molecule has 4 heteroatoms. The molecule has 1 aliphatic rings. The minimum atomic E-state index is 0.232. The monoisotopic (exact) mass is 187 g/mol. The van der Waals surface area contributed by atoms with Gasteiger partial charge >= 0.3 is 0 Å². The van der Waals surface area contributed by atoms with Crippen LogP contribution < -0.4 is 0 Å². The minimum Gasteiger partial charge on any atom is -0.378 e. The molecule has 1 aliphatic heterocycles. The van der Waals surface area contributed by atoms with Gasteiger partial charge in [0, 0.05) is 13.1 Å². The highest BCUT2D eigenvalue weighted by Gasteiger charge is 2.22. The molecule has 1 fully saturated rings. The highest BCUT2D eigenvalue weighted by atomic mass is 16.5. The van der Waals surface area contributed by atoms with Crippen LogP contribution in [0.4, 0.5) is 0 Å². The Labute approximate surface area is 79.7 Å². The zero-order chi connectivity index (χ0) is 9.90. The van der Waals surface area contributed by atoms with E-state index in [-0.39, 0.29) is 5.91 Å². The minimum absolute atomic E-state index is 0.232. The number of ether oxygens (including phenoxy) is 1. The molecule has 1 saturated heterocycles. The van der Waals surface area contributed by atoms with Crippen LogP contribution in [-0.2, 0) is 9.53 Å². The van der Waals surface area contributed by atoms with E-state index < -0.39 is 0 Å². The van der Waals surface area contributed by atoms with E-state index in [2.05, 4.69) is 0 Å². The Kier molecular flexibility index (Phi) is 3.27.